The van der Waals surface area contributed by atoms with E-state index >= 15 is 0 Å². The molecule has 1 aromatic heterocycles. The lowest BCUT2D eigenvalue weighted by atomic mass is 10.2. The Kier molecular flexibility index (Phi) is 4.65. The fourth-order valence-corrected chi connectivity index (χ4v) is 3.84. The molecule has 2 aliphatic rings. The van der Waals surface area contributed by atoms with E-state index in [2.05, 4.69) is 10.3 Å². The zero-order valence-electron chi connectivity index (χ0n) is 13.6. The molecule has 1 atom stereocenters. The summed E-state index contributed by atoms with van der Waals surface area (Å²) in [5.74, 6) is 3.66. The highest BCUT2D eigenvalue weighted by Crippen LogP contribution is 2.32. The van der Waals surface area contributed by atoms with Crippen LogP contribution in [-0.4, -0.2) is 35.3 Å². The summed E-state index contributed by atoms with van der Waals surface area (Å²) in [6, 6.07) is 9.11. The van der Waals surface area contributed by atoms with Crippen molar-refractivity contribution in [3.8, 4) is 17.4 Å². The molecular formula is C18H18N2O4S. The average molecular weight is 358 g/mol. The zero-order valence-corrected chi connectivity index (χ0v) is 14.4. The minimum atomic E-state index is -0.202. The van der Waals surface area contributed by atoms with E-state index in [-0.39, 0.29) is 18.8 Å². The van der Waals surface area contributed by atoms with Crippen LogP contribution in [0.25, 0.3) is 0 Å². The SMILES string of the molecule is O=C(NCc1ccc2c(c1)OCO2)c1cccnc1OC1CCSC1. The molecule has 0 aliphatic carbocycles. The topological polar surface area (TPSA) is 69.7 Å². The van der Waals surface area contributed by atoms with E-state index in [9.17, 15) is 4.79 Å². The van der Waals surface area contributed by atoms with Gasteiger partial charge >= 0.3 is 0 Å². The van der Waals surface area contributed by atoms with Gasteiger partial charge in [0, 0.05) is 18.5 Å². The standard InChI is InChI=1S/C18H18N2O4S/c21-17(20-9-12-3-4-15-16(8-12)23-11-22-15)14-2-1-6-19-18(14)24-13-5-7-25-10-13/h1-4,6,8,13H,5,7,9-11H2,(H,20,21). The minimum Gasteiger partial charge on any atom is -0.473 e. The Bertz CT molecular complexity index is 777. The number of nitrogens with zero attached hydrogens (tertiary/aromatic N) is 1. The average Bonchev–Trinajstić information content (AvgIpc) is 3.31. The van der Waals surface area contributed by atoms with Crippen LogP contribution in [0.2, 0.25) is 0 Å². The molecule has 2 aromatic rings. The van der Waals surface area contributed by atoms with Crippen molar-refractivity contribution in [1.82, 2.24) is 10.3 Å². The summed E-state index contributed by atoms with van der Waals surface area (Å²) in [6.45, 7) is 0.629. The van der Waals surface area contributed by atoms with E-state index in [1.807, 2.05) is 30.0 Å². The van der Waals surface area contributed by atoms with E-state index in [0.717, 1.165) is 29.2 Å². The van der Waals surface area contributed by atoms with Crippen molar-refractivity contribution >= 4 is 17.7 Å². The Morgan fingerprint density at radius 2 is 2.24 bits per heavy atom. The van der Waals surface area contributed by atoms with Crippen LogP contribution < -0.4 is 19.5 Å². The quantitative estimate of drug-likeness (QED) is 0.886. The van der Waals surface area contributed by atoms with Gasteiger partial charge in [0.15, 0.2) is 11.5 Å². The summed E-state index contributed by atoms with van der Waals surface area (Å²) in [5, 5.41) is 2.91. The maximum Gasteiger partial charge on any atom is 0.257 e. The molecule has 25 heavy (non-hydrogen) atoms. The van der Waals surface area contributed by atoms with Crippen LogP contribution in [0.5, 0.6) is 17.4 Å². The van der Waals surface area contributed by atoms with Crippen molar-refractivity contribution in [3.63, 3.8) is 0 Å². The highest BCUT2D eigenvalue weighted by atomic mass is 32.2. The Morgan fingerprint density at radius 3 is 3.12 bits per heavy atom. The van der Waals surface area contributed by atoms with Crippen LogP contribution in [0.15, 0.2) is 36.5 Å². The van der Waals surface area contributed by atoms with Crippen LogP contribution >= 0.6 is 11.8 Å². The van der Waals surface area contributed by atoms with Crippen molar-refractivity contribution in [3.05, 3.63) is 47.7 Å². The number of aromatic nitrogens is 1. The van der Waals surface area contributed by atoms with Gasteiger partial charge in [0.1, 0.15) is 11.7 Å². The van der Waals surface area contributed by atoms with Crippen LogP contribution in [-0.2, 0) is 6.54 Å². The highest BCUT2D eigenvalue weighted by Gasteiger charge is 2.21. The number of amides is 1. The molecule has 3 heterocycles. The number of ether oxygens (including phenoxy) is 3. The molecular weight excluding hydrogens is 340 g/mol. The number of fused-ring (bicyclic) bond motifs is 1. The Hall–Kier alpha value is -2.41. The van der Waals surface area contributed by atoms with E-state index in [0.29, 0.717) is 23.7 Å². The summed E-state index contributed by atoms with van der Waals surface area (Å²) < 4.78 is 16.6. The first kappa shape index (κ1) is 16.1. The third kappa shape index (κ3) is 3.66. The molecule has 1 amide bonds. The first-order chi connectivity index (χ1) is 12.3. The molecule has 4 rings (SSSR count). The van der Waals surface area contributed by atoms with Crippen LogP contribution in [0.4, 0.5) is 0 Å². The van der Waals surface area contributed by atoms with Crippen molar-refractivity contribution in [2.24, 2.45) is 0 Å². The Balaban J connectivity index is 1.42. The first-order valence-corrected chi connectivity index (χ1v) is 9.31. The molecule has 0 bridgehead atoms. The zero-order chi connectivity index (χ0) is 17.1. The number of carbonyl (C=O) groups excluding carboxylic acids is 1. The molecule has 6 nitrogen and oxygen atoms in total. The highest BCUT2D eigenvalue weighted by molar-refractivity contribution is 7.99. The fraction of sp³-hybridized carbons (Fsp3) is 0.333. The van der Waals surface area contributed by atoms with Crippen LogP contribution in [0.3, 0.4) is 0 Å². The van der Waals surface area contributed by atoms with Gasteiger partial charge in [-0.05, 0) is 42.0 Å². The number of rotatable bonds is 5. The molecule has 1 aromatic carbocycles. The van der Waals surface area contributed by atoms with Crippen LogP contribution in [0, 0.1) is 0 Å². The lowest BCUT2D eigenvalue weighted by molar-refractivity contribution is 0.0943. The summed E-state index contributed by atoms with van der Waals surface area (Å²) >= 11 is 1.86. The Labute approximate surface area is 149 Å². The molecule has 2 aliphatic heterocycles. The van der Waals surface area contributed by atoms with Crippen molar-refractivity contribution < 1.29 is 19.0 Å². The molecule has 1 fully saturated rings. The van der Waals surface area contributed by atoms with Crippen molar-refractivity contribution in [2.75, 3.05) is 18.3 Å². The second-order valence-electron chi connectivity index (χ2n) is 5.83. The third-order valence-electron chi connectivity index (χ3n) is 4.07. The lowest BCUT2D eigenvalue weighted by Gasteiger charge is -2.14. The van der Waals surface area contributed by atoms with Gasteiger partial charge in [0.25, 0.3) is 5.91 Å². The number of thioether (sulfide) groups is 1. The molecule has 7 heteroatoms. The normalized spacial score (nSPS) is 18.2. The van der Waals surface area contributed by atoms with Gasteiger partial charge < -0.3 is 19.5 Å². The number of hydrogen-bond acceptors (Lipinski definition) is 6. The number of nitrogens with one attached hydrogen (secondary N) is 1. The molecule has 1 saturated heterocycles. The number of pyridine rings is 1. The second-order valence-corrected chi connectivity index (χ2v) is 6.98. The molecule has 0 radical (unpaired) electrons. The van der Waals surface area contributed by atoms with Crippen molar-refractivity contribution in [2.45, 2.75) is 19.1 Å². The molecule has 130 valence electrons. The van der Waals surface area contributed by atoms with Gasteiger partial charge in [-0.15, -0.1) is 0 Å². The lowest BCUT2D eigenvalue weighted by Crippen LogP contribution is -2.25. The predicted molar refractivity (Wildman–Crippen MR) is 94.3 cm³/mol. The van der Waals surface area contributed by atoms with Gasteiger partial charge in [-0.2, -0.15) is 11.8 Å². The maximum atomic E-state index is 12.6. The van der Waals surface area contributed by atoms with Gasteiger partial charge in [0.05, 0.1) is 0 Å². The fourth-order valence-electron chi connectivity index (χ4n) is 2.75. The summed E-state index contributed by atoms with van der Waals surface area (Å²) in [4.78, 5) is 16.8. The smallest absolute Gasteiger partial charge is 0.257 e. The number of benzene rings is 1. The first-order valence-electron chi connectivity index (χ1n) is 8.16. The number of carbonyl (C=O) groups is 1. The van der Waals surface area contributed by atoms with Gasteiger partial charge in [-0.1, -0.05) is 6.07 Å². The monoisotopic (exact) mass is 358 g/mol. The maximum absolute atomic E-state index is 12.6. The third-order valence-corrected chi connectivity index (χ3v) is 5.20. The summed E-state index contributed by atoms with van der Waals surface area (Å²) in [6.07, 6.45) is 2.76. The van der Waals surface area contributed by atoms with Gasteiger partial charge in [-0.3, -0.25) is 4.79 Å². The van der Waals surface area contributed by atoms with Gasteiger partial charge in [0.2, 0.25) is 12.7 Å². The minimum absolute atomic E-state index is 0.125. The second kappa shape index (κ2) is 7.23. The van der Waals surface area contributed by atoms with Crippen LogP contribution in [0.1, 0.15) is 22.3 Å². The molecule has 1 N–H and O–H groups in total. The molecule has 0 saturated carbocycles. The van der Waals surface area contributed by atoms with E-state index in [1.54, 1.807) is 18.3 Å². The largest absolute Gasteiger partial charge is 0.473 e. The van der Waals surface area contributed by atoms with Gasteiger partial charge in [-0.25, -0.2) is 4.98 Å². The predicted octanol–water partition coefficient (Wildman–Crippen LogP) is 2.62. The molecule has 1 unspecified atom stereocenters. The molecule has 0 spiro atoms. The number of hydrogen-bond donors (Lipinski definition) is 1. The van der Waals surface area contributed by atoms with E-state index in [1.165, 1.54) is 0 Å². The summed E-state index contributed by atoms with van der Waals surface area (Å²) in [5.41, 5.74) is 1.40. The van der Waals surface area contributed by atoms with E-state index < -0.39 is 0 Å². The van der Waals surface area contributed by atoms with E-state index in [4.69, 9.17) is 14.2 Å². The Morgan fingerprint density at radius 1 is 1.32 bits per heavy atom. The summed E-state index contributed by atoms with van der Waals surface area (Å²) in [7, 11) is 0. The van der Waals surface area contributed by atoms with Crippen molar-refractivity contribution in [1.29, 1.82) is 0 Å².